The van der Waals surface area contributed by atoms with E-state index in [0.29, 0.717) is 0 Å². The summed E-state index contributed by atoms with van der Waals surface area (Å²) < 4.78 is 33.6. The number of alkyl halides is 2. The van der Waals surface area contributed by atoms with E-state index in [2.05, 4.69) is 15.9 Å². The van der Waals surface area contributed by atoms with Crippen LogP contribution in [0.25, 0.3) is 0 Å². The lowest BCUT2D eigenvalue weighted by molar-refractivity contribution is -0.156. The lowest BCUT2D eigenvalue weighted by Gasteiger charge is -2.26. The molecule has 0 aromatic carbocycles. The number of ether oxygens (including phenoxy) is 1. The van der Waals surface area contributed by atoms with E-state index in [4.69, 9.17) is 9.84 Å². The summed E-state index contributed by atoms with van der Waals surface area (Å²) in [7, 11) is 0. The molecule has 1 aromatic heterocycles. The Bertz CT molecular complexity index is 582. The summed E-state index contributed by atoms with van der Waals surface area (Å²) in [5, 5.41) is 19.1. The average Bonchev–Trinajstić information content (AvgIpc) is 2.92. The number of nitrogens with one attached hydrogen (secondary N) is 2. The minimum absolute atomic E-state index is 0.186. The number of hydrogen-bond donors (Lipinski definition) is 4. The lowest BCUT2D eigenvalue weighted by Crippen LogP contribution is -2.53. The Labute approximate surface area is 110 Å². The third kappa shape index (κ3) is 1.75. The highest BCUT2D eigenvalue weighted by Gasteiger charge is 2.61. The van der Waals surface area contributed by atoms with Crippen molar-refractivity contribution in [1.29, 1.82) is 0 Å². The third-order valence-electron chi connectivity index (χ3n) is 3.09. The summed E-state index contributed by atoms with van der Waals surface area (Å²) >= 11 is 0. The Morgan fingerprint density at radius 3 is 2.90 bits per heavy atom. The number of hydrogen-bond acceptors (Lipinski definition) is 8. The number of hydrazine groups is 2. The standard InChI is InChI=1S/C9H11F2N5O4/c10-9(11)6(18)4(3-17)20-7(9)16-13-5-1-2-12-8(19)15(5)14-16/h1-2,4,6-7,13-14,17-18H,3H2/t4-,6-,7-/m1/s1. The van der Waals surface area contributed by atoms with E-state index >= 15 is 0 Å². The maximum atomic E-state index is 13.9. The summed E-state index contributed by atoms with van der Waals surface area (Å²) in [6.45, 7) is -0.754. The van der Waals surface area contributed by atoms with Gasteiger partial charge >= 0.3 is 11.6 Å². The zero-order valence-corrected chi connectivity index (χ0v) is 9.90. The van der Waals surface area contributed by atoms with Crippen molar-refractivity contribution in [3.05, 3.63) is 22.7 Å². The lowest BCUT2D eigenvalue weighted by atomic mass is 10.1. The van der Waals surface area contributed by atoms with Crippen LogP contribution in [0.5, 0.6) is 0 Å². The molecule has 0 saturated carbocycles. The van der Waals surface area contributed by atoms with Gasteiger partial charge in [-0.05, 0) is 0 Å². The van der Waals surface area contributed by atoms with Crippen molar-refractivity contribution in [2.45, 2.75) is 24.4 Å². The molecule has 2 aliphatic rings. The predicted molar refractivity (Wildman–Crippen MR) is 60.0 cm³/mol. The molecule has 0 amide bonds. The number of aliphatic hydroxyl groups is 2. The molecule has 0 unspecified atom stereocenters. The van der Waals surface area contributed by atoms with Gasteiger partial charge in [0.2, 0.25) is 6.23 Å². The Kier molecular flexibility index (Phi) is 2.86. The van der Waals surface area contributed by atoms with E-state index in [1.807, 2.05) is 0 Å². The molecule has 9 nitrogen and oxygen atoms in total. The summed E-state index contributed by atoms with van der Waals surface area (Å²) in [6.07, 6.45) is -4.27. The largest absolute Gasteiger partial charge is 0.394 e. The molecule has 3 atom stereocenters. The molecule has 4 N–H and O–H groups in total. The number of aliphatic hydroxyl groups excluding tert-OH is 2. The Morgan fingerprint density at radius 1 is 1.55 bits per heavy atom. The third-order valence-corrected chi connectivity index (χ3v) is 3.09. The molecular formula is C9H11F2N5O4. The van der Waals surface area contributed by atoms with Crippen LogP contribution >= 0.6 is 0 Å². The van der Waals surface area contributed by atoms with Gasteiger partial charge in [-0.25, -0.2) is 10.3 Å². The van der Waals surface area contributed by atoms with Crippen molar-refractivity contribution in [1.82, 2.24) is 14.8 Å². The van der Waals surface area contributed by atoms with Crippen LogP contribution in [0.1, 0.15) is 0 Å². The molecule has 0 radical (unpaired) electrons. The minimum Gasteiger partial charge on any atom is -0.394 e. The van der Waals surface area contributed by atoms with Crippen LogP contribution in [0.3, 0.4) is 0 Å². The molecule has 1 fully saturated rings. The molecule has 11 heteroatoms. The molecule has 0 aliphatic carbocycles. The number of nitrogens with zero attached hydrogens (tertiary/aromatic N) is 3. The SMILES string of the molecule is O=c1nccc2n1NN([C@@H]1O[C@H](CO)[C@@H](O)C1(F)F)N2. The van der Waals surface area contributed by atoms with Gasteiger partial charge in [-0.15, -0.1) is 0 Å². The molecule has 0 spiro atoms. The van der Waals surface area contributed by atoms with Gasteiger partial charge < -0.3 is 14.9 Å². The topological polar surface area (TPSA) is 112 Å². The number of anilines is 1. The van der Waals surface area contributed by atoms with Crippen molar-refractivity contribution in [3.8, 4) is 0 Å². The average molecular weight is 291 g/mol. The van der Waals surface area contributed by atoms with Gasteiger partial charge in [0.25, 0.3) is 0 Å². The van der Waals surface area contributed by atoms with Crippen LogP contribution in [-0.2, 0) is 4.74 Å². The van der Waals surface area contributed by atoms with Crippen molar-refractivity contribution in [2.75, 3.05) is 17.6 Å². The maximum Gasteiger partial charge on any atom is 0.369 e. The Balaban J connectivity index is 1.86. The van der Waals surface area contributed by atoms with Crippen LogP contribution in [-0.4, -0.2) is 56.0 Å². The zero-order chi connectivity index (χ0) is 14.5. The van der Waals surface area contributed by atoms with Gasteiger partial charge in [-0.3, -0.25) is 5.43 Å². The van der Waals surface area contributed by atoms with Crippen LogP contribution in [0.15, 0.2) is 17.1 Å². The summed E-state index contributed by atoms with van der Waals surface area (Å²) in [5.41, 5.74) is 4.12. The van der Waals surface area contributed by atoms with Crippen molar-refractivity contribution in [2.24, 2.45) is 0 Å². The van der Waals surface area contributed by atoms with Gasteiger partial charge in [-0.1, -0.05) is 5.12 Å². The molecule has 3 rings (SSSR count). The monoisotopic (exact) mass is 291 g/mol. The predicted octanol–water partition coefficient (Wildman–Crippen LogP) is -1.94. The zero-order valence-electron chi connectivity index (χ0n) is 9.90. The molecule has 110 valence electrons. The van der Waals surface area contributed by atoms with E-state index in [1.165, 1.54) is 12.3 Å². The molecular weight excluding hydrogens is 280 g/mol. The van der Waals surface area contributed by atoms with Gasteiger partial charge in [0, 0.05) is 12.3 Å². The van der Waals surface area contributed by atoms with Crippen LogP contribution in [0.2, 0.25) is 0 Å². The van der Waals surface area contributed by atoms with Crippen LogP contribution in [0, 0.1) is 0 Å². The van der Waals surface area contributed by atoms with E-state index in [-0.39, 0.29) is 5.82 Å². The second kappa shape index (κ2) is 4.34. The van der Waals surface area contributed by atoms with Gasteiger partial charge in [0.1, 0.15) is 11.9 Å². The first kappa shape index (κ1) is 13.2. The highest BCUT2D eigenvalue weighted by Crippen LogP contribution is 2.38. The van der Waals surface area contributed by atoms with Crippen molar-refractivity contribution >= 4 is 5.82 Å². The van der Waals surface area contributed by atoms with E-state index < -0.39 is 36.7 Å². The first-order valence-electron chi connectivity index (χ1n) is 5.68. The van der Waals surface area contributed by atoms with Gasteiger partial charge in [-0.2, -0.15) is 18.4 Å². The highest BCUT2D eigenvalue weighted by molar-refractivity contribution is 5.37. The van der Waals surface area contributed by atoms with Crippen molar-refractivity contribution < 1.29 is 23.7 Å². The minimum atomic E-state index is -3.65. The Hall–Kier alpha value is -1.82. The molecule has 2 aliphatic heterocycles. The van der Waals surface area contributed by atoms with Crippen molar-refractivity contribution in [3.63, 3.8) is 0 Å². The first-order chi connectivity index (χ1) is 9.45. The van der Waals surface area contributed by atoms with E-state index in [9.17, 15) is 18.7 Å². The second-order valence-corrected chi connectivity index (χ2v) is 4.36. The highest BCUT2D eigenvalue weighted by atomic mass is 19.3. The molecule has 20 heavy (non-hydrogen) atoms. The number of halogens is 2. The molecule has 0 bridgehead atoms. The summed E-state index contributed by atoms with van der Waals surface area (Å²) in [4.78, 5) is 14.9. The summed E-state index contributed by atoms with van der Waals surface area (Å²) in [5.74, 6) is -3.46. The second-order valence-electron chi connectivity index (χ2n) is 4.36. The smallest absolute Gasteiger partial charge is 0.369 e. The number of fused-ring (bicyclic) bond motifs is 1. The summed E-state index contributed by atoms with van der Waals surface area (Å²) in [6, 6.07) is 1.39. The fourth-order valence-corrected chi connectivity index (χ4v) is 2.06. The fraction of sp³-hybridized carbons (Fsp3) is 0.556. The normalized spacial score (nSPS) is 31.7. The van der Waals surface area contributed by atoms with Crippen LogP contribution < -0.4 is 16.7 Å². The van der Waals surface area contributed by atoms with E-state index in [1.54, 1.807) is 0 Å². The molecule has 3 heterocycles. The maximum absolute atomic E-state index is 13.9. The molecule has 1 aromatic rings. The van der Waals surface area contributed by atoms with E-state index in [0.717, 1.165) is 9.79 Å². The van der Waals surface area contributed by atoms with Gasteiger partial charge in [0.05, 0.1) is 6.61 Å². The molecule has 1 saturated heterocycles. The fourth-order valence-electron chi connectivity index (χ4n) is 2.06. The van der Waals surface area contributed by atoms with Gasteiger partial charge in [0.15, 0.2) is 6.10 Å². The first-order valence-corrected chi connectivity index (χ1v) is 5.68. The Morgan fingerprint density at radius 2 is 2.30 bits per heavy atom. The number of aromatic nitrogens is 2. The number of rotatable bonds is 2. The van der Waals surface area contributed by atoms with Crippen LogP contribution in [0.4, 0.5) is 14.6 Å². The quantitative estimate of drug-likeness (QED) is 0.498.